The molecule has 3 heteroatoms. The molecule has 0 aromatic carbocycles. The van der Waals surface area contributed by atoms with Crippen molar-refractivity contribution < 1.29 is 33.3 Å². The van der Waals surface area contributed by atoms with Crippen LogP contribution in [-0.2, 0) is 4.79 Å². The van der Waals surface area contributed by atoms with Crippen LogP contribution in [0.3, 0.4) is 0 Å². The van der Waals surface area contributed by atoms with Crippen LogP contribution in [0.4, 0.5) is 0 Å². The Morgan fingerprint density at radius 2 is 1.38 bits per heavy atom. The molecule has 0 amide bonds. The minimum absolute atomic E-state index is 0. The molecule has 2 nitrogen and oxygen atoms in total. The van der Waals surface area contributed by atoms with Gasteiger partial charge in [0.25, 0.3) is 0 Å². The normalized spacial score (nSPS) is 22.8. The number of quaternary nitrogens is 1. The smallest absolute Gasteiger partial charge is 0.141 e. The number of carbonyl (C=O) groups is 1. The van der Waals surface area contributed by atoms with E-state index in [1.807, 2.05) is 0 Å². The lowest BCUT2D eigenvalue weighted by atomic mass is 9.90. The summed E-state index contributed by atoms with van der Waals surface area (Å²) in [6, 6.07) is 0. The van der Waals surface area contributed by atoms with E-state index >= 15 is 0 Å². The number of hydrogen-bond donors (Lipinski definition) is 0. The van der Waals surface area contributed by atoms with Crippen molar-refractivity contribution in [3.05, 3.63) is 0 Å². The van der Waals surface area contributed by atoms with Gasteiger partial charge < -0.3 is 28.5 Å². The van der Waals surface area contributed by atoms with Gasteiger partial charge in [-0.15, -0.1) is 0 Å². The molecule has 21 heavy (non-hydrogen) atoms. The molecular formula is C18H36INO. The van der Waals surface area contributed by atoms with Gasteiger partial charge in [-0.25, -0.2) is 0 Å². The molecule has 0 heterocycles. The average molecular weight is 409 g/mol. The fourth-order valence-corrected chi connectivity index (χ4v) is 3.32. The third-order valence-corrected chi connectivity index (χ3v) is 5.37. The minimum atomic E-state index is 0. The van der Waals surface area contributed by atoms with Crippen molar-refractivity contribution in [2.75, 3.05) is 26.7 Å². The maximum Gasteiger partial charge on any atom is 0.141 e. The number of halogens is 1. The molecule has 1 unspecified atom stereocenters. The Morgan fingerprint density at radius 1 is 0.905 bits per heavy atom. The molecule has 0 saturated heterocycles. The molecule has 1 fully saturated rings. The first-order valence-electron chi connectivity index (χ1n) is 8.97. The molecule has 1 aliphatic rings. The van der Waals surface area contributed by atoms with E-state index < -0.39 is 0 Å². The molecule has 0 aliphatic heterocycles. The Morgan fingerprint density at radius 3 is 1.90 bits per heavy atom. The standard InChI is InChI=1S/C18H36NO.HI/c1-4-19(3,5-2)16-17-14-12-10-8-6-7-9-11-13-15-18(17)20;/h17H,4-16H2,1-3H3;1H/q+1;/p-1. The first kappa shape index (κ1) is 21.4. The second kappa shape index (κ2) is 11.9. The molecule has 0 spiro atoms. The van der Waals surface area contributed by atoms with Gasteiger partial charge in [0.1, 0.15) is 5.78 Å². The fraction of sp³-hybridized carbons (Fsp3) is 0.944. The zero-order chi connectivity index (χ0) is 14.8. The van der Waals surface area contributed by atoms with Crippen molar-refractivity contribution in [3.8, 4) is 0 Å². The maximum atomic E-state index is 12.5. The summed E-state index contributed by atoms with van der Waals surface area (Å²) in [5.74, 6) is 0.871. The first-order valence-corrected chi connectivity index (χ1v) is 8.97. The summed E-state index contributed by atoms with van der Waals surface area (Å²) in [7, 11) is 2.31. The third-order valence-electron chi connectivity index (χ3n) is 5.37. The third kappa shape index (κ3) is 8.53. The molecule has 1 saturated carbocycles. The lowest BCUT2D eigenvalue weighted by Gasteiger charge is -2.35. The Kier molecular flexibility index (Phi) is 12.1. The summed E-state index contributed by atoms with van der Waals surface area (Å²) in [5, 5.41) is 0. The number of hydrogen-bond acceptors (Lipinski definition) is 1. The maximum absolute atomic E-state index is 12.5. The van der Waals surface area contributed by atoms with Crippen molar-refractivity contribution in [3.63, 3.8) is 0 Å². The second-order valence-electron chi connectivity index (χ2n) is 6.96. The summed E-state index contributed by atoms with van der Waals surface area (Å²) >= 11 is 0. The largest absolute Gasteiger partial charge is 1.00 e. The number of ketones is 1. The first-order chi connectivity index (χ1) is 9.61. The Labute approximate surface area is 149 Å². The van der Waals surface area contributed by atoms with Crippen molar-refractivity contribution >= 4 is 5.78 Å². The van der Waals surface area contributed by atoms with Crippen LogP contribution in [-0.4, -0.2) is 36.9 Å². The van der Waals surface area contributed by atoms with Crippen LogP contribution < -0.4 is 24.0 Å². The monoisotopic (exact) mass is 409 g/mol. The van der Waals surface area contributed by atoms with E-state index in [-0.39, 0.29) is 24.0 Å². The minimum Gasteiger partial charge on any atom is -1.00 e. The molecule has 126 valence electrons. The predicted molar refractivity (Wildman–Crippen MR) is 86.8 cm³/mol. The second-order valence-corrected chi connectivity index (χ2v) is 6.96. The summed E-state index contributed by atoms with van der Waals surface area (Å²) in [4.78, 5) is 12.5. The van der Waals surface area contributed by atoms with E-state index in [2.05, 4.69) is 20.9 Å². The highest BCUT2D eigenvalue weighted by atomic mass is 127. The summed E-state index contributed by atoms with van der Waals surface area (Å²) in [6.45, 7) is 7.85. The number of nitrogens with zero attached hydrogens (tertiary/aromatic N) is 1. The average Bonchev–Trinajstić information content (AvgIpc) is 2.46. The van der Waals surface area contributed by atoms with E-state index in [0.717, 1.165) is 43.4 Å². The van der Waals surface area contributed by atoms with Crippen molar-refractivity contribution in [1.82, 2.24) is 0 Å². The fourth-order valence-electron chi connectivity index (χ4n) is 3.32. The van der Waals surface area contributed by atoms with Crippen molar-refractivity contribution in [1.29, 1.82) is 0 Å². The molecule has 1 aliphatic carbocycles. The van der Waals surface area contributed by atoms with Gasteiger partial charge in [0, 0.05) is 6.42 Å². The van der Waals surface area contributed by atoms with Crippen molar-refractivity contribution in [2.24, 2.45) is 5.92 Å². The van der Waals surface area contributed by atoms with E-state index in [1.54, 1.807) is 0 Å². The number of rotatable bonds is 4. The Bertz CT molecular complexity index is 276. The molecule has 0 bridgehead atoms. The number of Topliss-reactive ketones (excluding diaryl/α,β-unsaturated/α-hetero) is 1. The van der Waals surface area contributed by atoms with Crippen LogP contribution in [0, 0.1) is 5.92 Å². The highest BCUT2D eigenvalue weighted by molar-refractivity contribution is 5.81. The van der Waals surface area contributed by atoms with E-state index in [0.29, 0.717) is 11.7 Å². The zero-order valence-electron chi connectivity index (χ0n) is 14.5. The van der Waals surface area contributed by atoms with E-state index in [4.69, 9.17) is 0 Å². The van der Waals surface area contributed by atoms with Crippen LogP contribution in [0.25, 0.3) is 0 Å². The van der Waals surface area contributed by atoms with Crippen LogP contribution in [0.5, 0.6) is 0 Å². The van der Waals surface area contributed by atoms with E-state index in [1.165, 1.54) is 44.9 Å². The van der Waals surface area contributed by atoms with Gasteiger partial charge >= 0.3 is 0 Å². The molecule has 0 aromatic heterocycles. The van der Waals surface area contributed by atoms with Gasteiger partial charge in [-0.1, -0.05) is 44.9 Å². The summed E-state index contributed by atoms with van der Waals surface area (Å²) in [6.07, 6.45) is 12.4. The van der Waals surface area contributed by atoms with Crippen LogP contribution in [0.2, 0.25) is 0 Å². The van der Waals surface area contributed by atoms with Crippen LogP contribution in [0.1, 0.15) is 78.1 Å². The molecular weight excluding hydrogens is 373 g/mol. The van der Waals surface area contributed by atoms with Gasteiger partial charge in [0.05, 0.1) is 32.6 Å². The molecule has 1 rings (SSSR count). The quantitative estimate of drug-likeness (QED) is 0.509. The molecule has 0 N–H and O–H groups in total. The lowest BCUT2D eigenvalue weighted by molar-refractivity contribution is -0.908. The van der Waals surface area contributed by atoms with Gasteiger partial charge in [-0.3, -0.25) is 4.79 Å². The summed E-state index contributed by atoms with van der Waals surface area (Å²) in [5.41, 5.74) is 0. The molecule has 0 radical (unpaired) electrons. The zero-order valence-corrected chi connectivity index (χ0v) is 16.7. The van der Waals surface area contributed by atoms with Gasteiger partial charge in [-0.2, -0.15) is 0 Å². The van der Waals surface area contributed by atoms with E-state index in [9.17, 15) is 4.79 Å². The van der Waals surface area contributed by atoms with Gasteiger partial charge in [0.2, 0.25) is 0 Å². The van der Waals surface area contributed by atoms with Gasteiger partial charge in [-0.05, 0) is 26.7 Å². The van der Waals surface area contributed by atoms with Crippen LogP contribution >= 0.6 is 0 Å². The Hall–Kier alpha value is 0.360. The summed E-state index contributed by atoms with van der Waals surface area (Å²) < 4.78 is 1.05. The number of carbonyl (C=O) groups excluding carboxylic acids is 1. The highest BCUT2D eigenvalue weighted by Crippen LogP contribution is 2.21. The van der Waals surface area contributed by atoms with Crippen molar-refractivity contribution in [2.45, 2.75) is 78.1 Å². The predicted octanol–water partition coefficient (Wildman–Crippen LogP) is 1.58. The topological polar surface area (TPSA) is 17.1 Å². The van der Waals surface area contributed by atoms with Crippen LogP contribution in [0.15, 0.2) is 0 Å². The SMILES string of the molecule is CC[N+](C)(CC)CC1CCCCCCCCCCC1=O.[I-]. The lowest BCUT2D eigenvalue weighted by Crippen LogP contribution is -3.00. The molecule has 1 atom stereocenters. The highest BCUT2D eigenvalue weighted by Gasteiger charge is 2.27. The van der Waals surface area contributed by atoms with Gasteiger partial charge in [0.15, 0.2) is 0 Å². The Balaban J connectivity index is 0.00000400. The molecule has 0 aromatic rings.